The van der Waals surface area contributed by atoms with E-state index in [0.717, 1.165) is 37.6 Å². The Kier molecular flexibility index (Phi) is 11.0. The Morgan fingerprint density at radius 3 is 2.00 bits per heavy atom. The summed E-state index contributed by atoms with van der Waals surface area (Å²) in [6.07, 6.45) is -0.548. The van der Waals surface area contributed by atoms with Gasteiger partial charge in [0.1, 0.15) is 18.5 Å². The van der Waals surface area contributed by atoms with Gasteiger partial charge in [0.05, 0.1) is 19.9 Å². The summed E-state index contributed by atoms with van der Waals surface area (Å²) >= 11 is 0. The number of rotatable bonds is 8. The van der Waals surface area contributed by atoms with Crippen molar-refractivity contribution in [2.24, 2.45) is 0 Å². The van der Waals surface area contributed by atoms with Crippen LogP contribution in [0.1, 0.15) is 0 Å². The average Bonchev–Trinajstić information content (AvgIpc) is 2.73. The van der Waals surface area contributed by atoms with Crippen molar-refractivity contribution < 1.29 is 19.3 Å². The number of β-amino-alcohol motifs (C(OH)–C–C–N with tert-alkyl or cyclic N) is 1. The van der Waals surface area contributed by atoms with Crippen molar-refractivity contribution in [2.45, 2.75) is 6.10 Å². The molecule has 1 N–H and O–H groups in total. The largest absolute Gasteiger partial charge is 0.495 e. The zero-order valence-electron chi connectivity index (χ0n) is 16.8. The van der Waals surface area contributed by atoms with Crippen LogP contribution in [0.3, 0.4) is 0 Å². The fourth-order valence-corrected chi connectivity index (χ4v) is 3.34. The van der Waals surface area contributed by atoms with Crippen molar-refractivity contribution in [3.63, 3.8) is 0 Å². The summed E-state index contributed by atoms with van der Waals surface area (Å²) in [5.41, 5.74) is 1.12. The molecule has 3 rings (SSSR count). The van der Waals surface area contributed by atoms with E-state index in [1.807, 2.05) is 42.5 Å². The van der Waals surface area contributed by atoms with E-state index < -0.39 is 6.10 Å². The minimum absolute atomic E-state index is 0. The van der Waals surface area contributed by atoms with Crippen LogP contribution in [-0.2, 0) is 0 Å². The lowest BCUT2D eigenvalue weighted by atomic mass is 10.2. The average molecular weight is 445 g/mol. The van der Waals surface area contributed by atoms with Crippen molar-refractivity contribution in [2.75, 3.05) is 58.5 Å². The van der Waals surface area contributed by atoms with Crippen molar-refractivity contribution in [3.05, 3.63) is 48.5 Å². The van der Waals surface area contributed by atoms with Gasteiger partial charge in [-0.3, -0.25) is 4.90 Å². The predicted molar refractivity (Wildman–Crippen MR) is 121 cm³/mol. The van der Waals surface area contributed by atoms with Gasteiger partial charge >= 0.3 is 0 Å². The molecule has 1 fully saturated rings. The highest BCUT2D eigenvalue weighted by Gasteiger charge is 2.21. The molecule has 0 aliphatic carbocycles. The zero-order valence-corrected chi connectivity index (χ0v) is 18.5. The van der Waals surface area contributed by atoms with Crippen LogP contribution >= 0.6 is 24.8 Å². The number of methoxy groups -OCH3 is 2. The topological polar surface area (TPSA) is 54.4 Å². The number of benzene rings is 2. The van der Waals surface area contributed by atoms with Gasteiger partial charge in [-0.25, -0.2) is 0 Å². The minimum atomic E-state index is -0.548. The van der Waals surface area contributed by atoms with Gasteiger partial charge in [-0.05, 0) is 24.3 Å². The van der Waals surface area contributed by atoms with Gasteiger partial charge in [-0.2, -0.15) is 0 Å². The molecule has 1 saturated heterocycles. The molecule has 1 aliphatic rings. The van der Waals surface area contributed by atoms with Gasteiger partial charge in [-0.1, -0.05) is 24.3 Å². The number of ether oxygens (including phenoxy) is 3. The molecule has 0 radical (unpaired) electrons. The Hall–Kier alpha value is -1.86. The summed E-state index contributed by atoms with van der Waals surface area (Å²) in [5, 5.41) is 10.4. The number of para-hydroxylation sites is 4. The van der Waals surface area contributed by atoms with Gasteiger partial charge in [-0.15, -0.1) is 24.8 Å². The van der Waals surface area contributed by atoms with E-state index in [2.05, 4.69) is 15.9 Å². The van der Waals surface area contributed by atoms with Crippen molar-refractivity contribution in [1.82, 2.24) is 4.90 Å². The number of hydrogen-bond donors (Lipinski definition) is 1. The van der Waals surface area contributed by atoms with E-state index >= 15 is 0 Å². The maximum atomic E-state index is 10.4. The third-order valence-electron chi connectivity index (χ3n) is 4.77. The third kappa shape index (κ3) is 6.85. The fourth-order valence-electron chi connectivity index (χ4n) is 3.34. The number of piperazine rings is 1. The van der Waals surface area contributed by atoms with Gasteiger partial charge < -0.3 is 24.2 Å². The lowest BCUT2D eigenvalue weighted by Gasteiger charge is -2.37. The summed E-state index contributed by atoms with van der Waals surface area (Å²) < 4.78 is 16.5. The van der Waals surface area contributed by atoms with Crippen molar-refractivity contribution in [1.29, 1.82) is 0 Å². The number of nitrogens with zero attached hydrogens (tertiary/aromatic N) is 2. The van der Waals surface area contributed by atoms with E-state index in [0.29, 0.717) is 18.0 Å². The first-order valence-corrected chi connectivity index (χ1v) is 9.25. The lowest BCUT2D eigenvalue weighted by molar-refractivity contribution is 0.0653. The molecule has 1 heterocycles. The van der Waals surface area contributed by atoms with E-state index in [1.165, 1.54) is 0 Å². The summed E-state index contributed by atoms with van der Waals surface area (Å²) in [7, 11) is 3.31. The molecule has 1 aliphatic heterocycles. The molecule has 8 heteroatoms. The smallest absolute Gasteiger partial charge is 0.161 e. The summed E-state index contributed by atoms with van der Waals surface area (Å²) in [6.45, 7) is 4.43. The van der Waals surface area contributed by atoms with E-state index in [9.17, 15) is 5.11 Å². The molecule has 6 nitrogen and oxygen atoms in total. The van der Waals surface area contributed by atoms with Crippen LogP contribution in [0.2, 0.25) is 0 Å². The molecule has 1 atom stereocenters. The monoisotopic (exact) mass is 444 g/mol. The highest BCUT2D eigenvalue weighted by molar-refractivity contribution is 5.85. The van der Waals surface area contributed by atoms with Gasteiger partial charge in [0.15, 0.2) is 11.5 Å². The first-order chi connectivity index (χ1) is 13.2. The van der Waals surface area contributed by atoms with Gasteiger partial charge in [0, 0.05) is 32.7 Å². The summed E-state index contributed by atoms with van der Waals surface area (Å²) in [4.78, 5) is 4.59. The Bertz CT molecular complexity index is 727. The number of anilines is 1. The van der Waals surface area contributed by atoms with Gasteiger partial charge in [0.25, 0.3) is 0 Å². The van der Waals surface area contributed by atoms with Gasteiger partial charge in [0.2, 0.25) is 0 Å². The molecule has 29 heavy (non-hydrogen) atoms. The van der Waals surface area contributed by atoms with Crippen LogP contribution in [0.15, 0.2) is 48.5 Å². The van der Waals surface area contributed by atoms with Crippen molar-refractivity contribution in [3.8, 4) is 17.2 Å². The molecule has 162 valence electrons. The summed E-state index contributed by atoms with van der Waals surface area (Å²) in [5.74, 6) is 2.23. The summed E-state index contributed by atoms with van der Waals surface area (Å²) in [6, 6.07) is 15.6. The maximum Gasteiger partial charge on any atom is 0.161 e. The predicted octanol–water partition coefficient (Wildman–Crippen LogP) is 3.11. The maximum absolute atomic E-state index is 10.4. The number of hydrogen-bond acceptors (Lipinski definition) is 6. The highest BCUT2D eigenvalue weighted by Crippen LogP contribution is 2.28. The Morgan fingerprint density at radius 2 is 1.38 bits per heavy atom. The first kappa shape index (κ1) is 25.2. The highest BCUT2D eigenvalue weighted by atomic mass is 35.5. The first-order valence-electron chi connectivity index (χ1n) is 9.25. The van der Waals surface area contributed by atoms with E-state index in [1.54, 1.807) is 14.2 Å². The molecule has 2 aromatic rings. The molecule has 1 unspecified atom stereocenters. The normalized spacial score (nSPS) is 14.9. The Morgan fingerprint density at radius 1 is 0.828 bits per heavy atom. The lowest BCUT2D eigenvalue weighted by Crippen LogP contribution is -2.49. The molecule has 0 bridgehead atoms. The SMILES string of the molecule is COc1ccccc1OCC(O)CN1CCN(c2ccccc2OC)CC1.Cl.Cl. The minimum Gasteiger partial charge on any atom is -0.495 e. The van der Waals surface area contributed by atoms with Crippen LogP contribution in [0.5, 0.6) is 17.2 Å². The zero-order chi connectivity index (χ0) is 19.1. The second-order valence-electron chi connectivity index (χ2n) is 6.58. The van der Waals surface area contributed by atoms with Crippen LogP contribution < -0.4 is 19.1 Å². The Balaban J connectivity index is 0.00000210. The molecule has 0 saturated carbocycles. The molecule has 0 amide bonds. The molecular weight excluding hydrogens is 415 g/mol. The number of halogens is 2. The molecular formula is C21H30Cl2N2O4. The molecule has 0 spiro atoms. The number of aliphatic hydroxyl groups excluding tert-OH is 1. The molecule has 0 aromatic heterocycles. The van der Waals surface area contributed by atoms with Crippen molar-refractivity contribution >= 4 is 30.5 Å². The van der Waals surface area contributed by atoms with E-state index in [-0.39, 0.29) is 31.4 Å². The Labute approximate surface area is 185 Å². The fraction of sp³-hybridized carbons (Fsp3) is 0.429. The second kappa shape index (κ2) is 12.6. The second-order valence-corrected chi connectivity index (χ2v) is 6.58. The standard InChI is InChI=1S/C21H28N2O4.2ClH/c1-25-19-8-4-3-7-18(19)23-13-11-22(12-14-23)15-17(24)16-27-21-10-6-5-9-20(21)26-2;;/h3-10,17,24H,11-16H2,1-2H3;2*1H. The third-order valence-corrected chi connectivity index (χ3v) is 4.77. The van der Waals surface area contributed by atoms with E-state index in [4.69, 9.17) is 14.2 Å². The van der Waals surface area contributed by atoms with Crippen LogP contribution in [0.25, 0.3) is 0 Å². The van der Waals surface area contributed by atoms with Crippen LogP contribution in [0.4, 0.5) is 5.69 Å². The number of aliphatic hydroxyl groups is 1. The quantitative estimate of drug-likeness (QED) is 0.674. The molecule has 2 aromatic carbocycles. The van der Waals surface area contributed by atoms with Crippen LogP contribution in [-0.4, -0.2) is 69.7 Å². The van der Waals surface area contributed by atoms with Crippen LogP contribution in [0, 0.1) is 0 Å².